The number of hydrogen-bond donors (Lipinski definition) is 4. The van der Waals surface area contributed by atoms with Crippen LogP contribution in [0.2, 0.25) is 0 Å². The SMILES string of the molecule is CCN(c1cc(-c2ccc(OCCCOCCCCOc3cc(-c4scnc4C)ccc3CNC(=O)[C@@H]3C[C@@H](O)CN3C(=O)C(C(C)C)N3Cc4ccccc4C3=O)cc2)cc(C(=O)NCc2c(C)cc(C)[nH]c2=O)c1C)C1CCOCC1. The number of fused-ring (bicyclic) bond motifs is 1. The molecule has 2 aromatic heterocycles. The summed E-state index contributed by atoms with van der Waals surface area (Å²) < 4.78 is 24.3. The van der Waals surface area contributed by atoms with Gasteiger partial charge in [0.15, 0.2) is 0 Å². The number of pyridine rings is 1. The fourth-order valence-electron chi connectivity index (χ4n) is 11.7. The quantitative estimate of drug-likeness (QED) is 0.0396. The fraction of sp³-hybridized carbons (Fsp3) is 0.446. The predicted octanol–water partition coefficient (Wildman–Crippen LogP) is 9.24. The number of carbonyl (C=O) groups excluding carboxylic acids is 4. The smallest absolute Gasteiger partial charge is 0.255 e. The number of aliphatic hydroxyl groups is 1. The Balaban J connectivity index is 0.754. The lowest BCUT2D eigenvalue weighted by Crippen LogP contribution is -2.55. The van der Waals surface area contributed by atoms with Crippen LogP contribution >= 0.6 is 11.3 Å². The van der Waals surface area contributed by atoms with Crippen molar-refractivity contribution in [1.82, 2.24) is 30.4 Å². The number of rotatable bonds is 25. The number of amides is 4. The van der Waals surface area contributed by atoms with Gasteiger partial charge in [0, 0.05) is 112 Å². The van der Waals surface area contributed by atoms with E-state index >= 15 is 0 Å². The number of likely N-dealkylation sites (tertiary alicyclic amines) is 1. The number of aromatic nitrogens is 2. The molecule has 0 radical (unpaired) electrons. The number of ether oxygens (including phenoxy) is 4. The number of carbonyl (C=O) groups is 4. The molecule has 17 nitrogen and oxygen atoms in total. The molecule has 4 aromatic carbocycles. The lowest BCUT2D eigenvalue weighted by molar-refractivity contribution is -0.143. The largest absolute Gasteiger partial charge is 0.494 e. The van der Waals surface area contributed by atoms with Crippen LogP contribution < -0.4 is 30.6 Å². The van der Waals surface area contributed by atoms with Gasteiger partial charge in [0.05, 0.1) is 35.4 Å². The number of hydrogen-bond acceptors (Lipinski definition) is 13. The maximum Gasteiger partial charge on any atom is 0.255 e. The molecule has 1 unspecified atom stereocenters. The minimum Gasteiger partial charge on any atom is -0.494 e. The Morgan fingerprint density at radius 1 is 0.855 bits per heavy atom. The predicted molar refractivity (Wildman–Crippen MR) is 322 cm³/mol. The number of thiazole rings is 1. The van der Waals surface area contributed by atoms with E-state index in [9.17, 15) is 29.1 Å². The highest BCUT2D eigenvalue weighted by atomic mass is 32.1. The van der Waals surface area contributed by atoms with Crippen molar-refractivity contribution in [2.75, 3.05) is 57.6 Å². The number of benzene rings is 4. The second-order valence-electron chi connectivity index (χ2n) is 22.3. The molecule has 18 heteroatoms. The first-order valence-electron chi connectivity index (χ1n) is 29.2. The molecule has 0 spiro atoms. The monoisotopic (exact) mass is 1150 g/mol. The Morgan fingerprint density at radius 3 is 2.31 bits per heavy atom. The number of unbranched alkanes of at least 4 members (excludes halogenated alkanes) is 1. The fourth-order valence-corrected chi connectivity index (χ4v) is 12.5. The van der Waals surface area contributed by atoms with E-state index in [-0.39, 0.29) is 67.2 Å². The van der Waals surface area contributed by atoms with Crippen molar-refractivity contribution in [3.8, 4) is 33.1 Å². The highest BCUT2D eigenvalue weighted by Gasteiger charge is 2.46. The van der Waals surface area contributed by atoms with Gasteiger partial charge in [-0.1, -0.05) is 56.3 Å². The summed E-state index contributed by atoms with van der Waals surface area (Å²) >= 11 is 1.54. The first-order chi connectivity index (χ1) is 40.1. The molecule has 83 heavy (non-hydrogen) atoms. The van der Waals surface area contributed by atoms with Crippen LogP contribution in [0.15, 0.2) is 95.2 Å². The summed E-state index contributed by atoms with van der Waals surface area (Å²) in [4.78, 5) is 82.4. The third kappa shape index (κ3) is 14.3. The number of anilines is 1. The van der Waals surface area contributed by atoms with Crippen molar-refractivity contribution in [3.05, 3.63) is 151 Å². The standard InChI is InChI=1S/C65H79N7O10S/c1-8-70(50-22-28-80-29-23-50)56-32-49(31-54(43(56)6)61(74)67-36-55-41(4)30-42(5)69-62(55)75)45-18-20-52(21-19-45)81-27-13-25-79-24-11-12-26-82-58-33-46(60-44(7)68-39-83-60)16-17-47(58)35-66-63(76)57-34-51(73)38-71(57)65(78)59(40(2)3)72-37-48-14-9-10-15-53(48)64(72)77/h9-10,14-21,30-33,39-40,50-51,57,59,73H,8,11-13,22-29,34-38H2,1-7H3,(H,66,76)(H,67,74)(H,69,75)/t51-,57+,59?/m1/s1. The van der Waals surface area contributed by atoms with E-state index in [0.29, 0.717) is 75.0 Å². The second kappa shape index (κ2) is 27.8. The molecule has 5 heterocycles. The molecule has 9 rings (SSSR count). The molecule has 3 aliphatic rings. The first kappa shape index (κ1) is 60.2. The molecule has 3 aliphatic heterocycles. The number of β-amino-alcohol motifs (C(OH)–C–C–N with tert-alkyl or cyclic N) is 1. The second-order valence-corrected chi connectivity index (χ2v) is 23.2. The molecule has 3 atom stereocenters. The van der Waals surface area contributed by atoms with E-state index in [1.807, 2.05) is 120 Å². The highest BCUT2D eigenvalue weighted by Crippen LogP contribution is 2.36. The van der Waals surface area contributed by atoms with Gasteiger partial charge in [0.1, 0.15) is 23.6 Å². The molecule has 0 aliphatic carbocycles. The number of aliphatic hydroxyl groups excluding tert-OH is 1. The zero-order valence-electron chi connectivity index (χ0n) is 48.9. The average Bonchev–Trinajstić information content (AvgIpc) is 3.33. The van der Waals surface area contributed by atoms with E-state index in [4.69, 9.17) is 18.9 Å². The van der Waals surface area contributed by atoms with Crippen LogP contribution in [0.5, 0.6) is 11.5 Å². The Kier molecular flexibility index (Phi) is 20.2. The van der Waals surface area contributed by atoms with Gasteiger partial charge < -0.3 is 54.4 Å². The number of H-pyrrole nitrogens is 1. The highest BCUT2D eigenvalue weighted by molar-refractivity contribution is 7.13. The Hall–Kier alpha value is -7.38. The molecular formula is C65H79N7O10S. The number of nitrogens with zero attached hydrogens (tertiary/aromatic N) is 4. The molecule has 6 aromatic rings. The van der Waals surface area contributed by atoms with Gasteiger partial charge in [-0.25, -0.2) is 4.98 Å². The lowest BCUT2D eigenvalue weighted by Gasteiger charge is -2.37. The summed E-state index contributed by atoms with van der Waals surface area (Å²) in [5.41, 5.74) is 12.1. The summed E-state index contributed by atoms with van der Waals surface area (Å²) in [5, 5.41) is 16.9. The summed E-state index contributed by atoms with van der Waals surface area (Å²) in [7, 11) is 0. The molecule has 0 saturated carbocycles. The van der Waals surface area contributed by atoms with Gasteiger partial charge in [-0.3, -0.25) is 24.0 Å². The number of nitrogens with one attached hydrogen (secondary N) is 3. The summed E-state index contributed by atoms with van der Waals surface area (Å²) in [5.74, 6) is -0.0601. The van der Waals surface area contributed by atoms with Crippen molar-refractivity contribution in [2.24, 2.45) is 5.92 Å². The third-order valence-corrected chi connectivity index (χ3v) is 17.1. The van der Waals surface area contributed by atoms with E-state index in [1.165, 1.54) is 4.90 Å². The zero-order valence-corrected chi connectivity index (χ0v) is 49.7. The van der Waals surface area contributed by atoms with Crippen LogP contribution in [-0.4, -0.2) is 125 Å². The van der Waals surface area contributed by atoms with E-state index in [2.05, 4.69) is 38.5 Å². The van der Waals surface area contributed by atoms with Crippen LogP contribution in [0, 0.1) is 33.6 Å². The third-order valence-electron chi connectivity index (χ3n) is 16.1. The van der Waals surface area contributed by atoms with Crippen molar-refractivity contribution in [1.29, 1.82) is 0 Å². The summed E-state index contributed by atoms with van der Waals surface area (Å²) in [6.45, 7) is 18.3. The molecule has 4 amide bonds. The van der Waals surface area contributed by atoms with Crippen molar-refractivity contribution < 1.29 is 43.2 Å². The summed E-state index contributed by atoms with van der Waals surface area (Å²) in [6.07, 6.45) is 3.21. The first-order valence-corrected chi connectivity index (χ1v) is 30.1. The number of aromatic amines is 1. The van der Waals surface area contributed by atoms with Gasteiger partial charge in [-0.05, 0) is 142 Å². The van der Waals surface area contributed by atoms with Crippen LogP contribution in [-0.2, 0) is 38.7 Å². The van der Waals surface area contributed by atoms with E-state index in [0.717, 1.165) is 98.9 Å². The lowest BCUT2D eigenvalue weighted by atomic mass is 9.95. The Bertz CT molecular complexity index is 3320. The van der Waals surface area contributed by atoms with Crippen molar-refractivity contribution >= 4 is 40.7 Å². The molecule has 2 saturated heterocycles. The minimum absolute atomic E-state index is 0.000997. The summed E-state index contributed by atoms with van der Waals surface area (Å²) in [6, 6.07) is 25.8. The van der Waals surface area contributed by atoms with Gasteiger partial charge >= 0.3 is 0 Å². The molecule has 440 valence electrons. The van der Waals surface area contributed by atoms with Gasteiger partial charge in [0.25, 0.3) is 17.4 Å². The van der Waals surface area contributed by atoms with Crippen LogP contribution in [0.25, 0.3) is 21.6 Å². The molecule has 0 bridgehead atoms. The van der Waals surface area contributed by atoms with Crippen LogP contribution in [0.1, 0.15) is 119 Å². The Morgan fingerprint density at radius 2 is 1.59 bits per heavy atom. The maximum atomic E-state index is 14.3. The molecular weight excluding hydrogens is 1070 g/mol. The number of aryl methyl sites for hydroxylation is 3. The van der Waals surface area contributed by atoms with Crippen molar-refractivity contribution in [2.45, 2.75) is 131 Å². The van der Waals surface area contributed by atoms with Gasteiger partial charge in [0.2, 0.25) is 11.8 Å². The molecule has 2 fully saturated rings. The van der Waals surface area contributed by atoms with Gasteiger partial charge in [-0.15, -0.1) is 11.3 Å². The molecule has 4 N–H and O–H groups in total. The van der Waals surface area contributed by atoms with E-state index < -0.39 is 18.2 Å². The van der Waals surface area contributed by atoms with Crippen LogP contribution in [0.3, 0.4) is 0 Å². The maximum absolute atomic E-state index is 14.3. The Labute approximate surface area is 490 Å². The van der Waals surface area contributed by atoms with Crippen molar-refractivity contribution in [3.63, 3.8) is 0 Å². The topological polar surface area (TPSA) is 205 Å². The van der Waals surface area contributed by atoms with E-state index in [1.54, 1.807) is 22.3 Å². The minimum atomic E-state index is -0.908. The zero-order chi connectivity index (χ0) is 58.7. The average molecular weight is 1150 g/mol. The van der Waals surface area contributed by atoms with Crippen LogP contribution in [0.4, 0.5) is 5.69 Å². The van der Waals surface area contributed by atoms with Gasteiger partial charge in [-0.2, -0.15) is 0 Å². The normalized spacial score (nSPS) is 16.5.